The number of urea groups is 1. The summed E-state index contributed by atoms with van der Waals surface area (Å²) in [6.07, 6.45) is 1.51. The van der Waals surface area contributed by atoms with Crippen LogP contribution in [-0.4, -0.2) is 54.7 Å². The van der Waals surface area contributed by atoms with E-state index in [9.17, 15) is 9.59 Å². The molecule has 0 spiro atoms. The number of carbonyl (C=O) groups excluding carboxylic acids is 2. The summed E-state index contributed by atoms with van der Waals surface area (Å²) in [6, 6.07) is -0.441. The highest BCUT2D eigenvalue weighted by Crippen LogP contribution is 1.96. The van der Waals surface area contributed by atoms with Crippen LogP contribution in [0.2, 0.25) is 0 Å². The molecular weight excluding hydrogens is 246 g/mol. The molecule has 0 saturated carbocycles. The van der Waals surface area contributed by atoms with Gasteiger partial charge < -0.3 is 10.4 Å². The molecule has 0 radical (unpaired) electrons. The highest BCUT2D eigenvalue weighted by molar-refractivity contribution is 5.95. The van der Waals surface area contributed by atoms with Crippen molar-refractivity contribution in [1.29, 1.82) is 0 Å². The van der Waals surface area contributed by atoms with E-state index in [2.05, 4.69) is 24.5 Å². The Labute approximate surface area is 115 Å². The zero-order chi connectivity index (χ0) is 14.7. The van der Waals surface area contributed by atoms with Gasteiger partial charge in [0.05, 0.1) is 6.54 Å². The minimum absolute atomic E-state index is 0.105. The van der Waals surface area contributed by atoms with Crippen molar-refractivity contribution in [2.24, 2.45) is 5.92 Å². The van der Waals surface area contributed by atoms with E-state index < -0.39 is 6.03 Å². The molecule has 0 aliphatic carbocycles. The first kappa shape index (κ1) is 17.9. The molecule has 6 nitrogen and oxygen atoms in total. The summed E-state index contributed by atoms with van der Waals surface area (Å²) >= 11 is 0. The smallest absolute Gasteiger partial charge is 0.321 e. The lowest BCUT2D eigenvalue weighted by Gasteiger charge is -2.18. The summed E-state index contributed by atoms with van der Waals surface area (Å²) in [4.78, 5) is 24.9. The normalized spacial score (nSPS) is 10.8. The lowest BCUT2D eigenvalue weighted by molar-refractivity contribution is -0.121. The molecule has 0 unspecified atom stereocenters. The van der Waals surface area contributed by atoms with E-state index in [0.29, 0.717) is 32.0 Å². The van der Waals surface area contributed by atoms with Crippen molar-refractivity contribution in [1.82, 2.24) is 15.5 Å². The van der Waals surface area contributed by atoms with Gasteiger partial charge in [-0.25, -0.2) is 4.79 Å². The zero-order valence-corrected chi connectivity index (χ0v) is 12.2. The van der Waals surface area contributed by atoms with Gasteiger partial charge in [0.15, 0.2) is 0 Å². The molecule has 3 amide bonds. The van der Waals surface area contributed by atoms with Gasteiger partial charge in [-0.15, -0.1) is 0 Å². The molecule has 0 aliphatic heterocycles. The molecule has 0 atom stereocenters. The van der Waals surface area contributed by atoms with Gasteiger partial charge in [-0.2, -0.15) is 0 Å². The van der Waals surface area contributed by atoms with E-state index in [1.54, 1.807) is 0 Å². The van der Waals surface area contributed by atoms with E-state index >= 15 is 0 Å². The first-order chi connectivity index (χ1) is 8.99. The van der Waals surface area contributed by atoms with Gasteiger partial charge in [-0.1, -0.05) is 20.8 Å². The molecule has 0 saturated heterocycles. The van der Waals surface area contributed by atoms with Gasteiger partial charge in [0, 0.05) is 19.7 Å². The summed E-state index contributed by atoms with van der Waals surface area (Å²) in [5.74, 6) is 0.201. The summed E-state index contributed by atoms with van der Waals surface area (Å²) in [5, 5.41) is 13.7. The Morgan fingerprint density at radius 2 is 2.00 bits per heavy atom. The van der Waals surface area contributed by atoms with Gasteiger partial charge in [-0.05, 0) is 25.3 Å². The maximum Gasteiger partial charge on any atom is 0.321 e. The Hall–Kier alpha value is -1.14. The molecule has 112 valence electrons. The molecular formula is C13H27N3O3. The molecule has 3 N–H and O–H groups in total. The zero-order valence-electron chi connectivity index (χ0n) is 12.2. The quantitative estimate of drug-likeness (QED) is 0.573. The van der Waals surface area contributed by atoms with E-state index in [4.69, 9.17) is 5.11 Å². The van der Waals surface area contributed by atoms with Crippen LogP contribution >= 0.6 is 0 Å². The predicted molar refractivity (Wildman–Crippen MR) is 74.8 cm³/mol. The second-order valence-electron chi connectivity index (χ2n) is 4.93. The summed E-state index contributed by atoms with van der Waals surface area (Å²) < 4.78 is 0. The van der Waals surface area contributed by atoms with Gasteiger partial charge in [0.2, 0.25) is 5.91 Å². The van der Waals surface area contributed by atoms with Gasteiger partial charge in [0.1, 0.15) is 0 Å². The number of imide groups is 1. The minimum Gasteiger partial charge on any atom is -0.396 e. The highest BCUT2D eigenvalue weighted by Gasteiger charge is 2.11. The predicted octanol–water partition coefficient (Wildman–Crippen LogP) is 0.563. The third kappa shape index (κ3) is 10.5. The molecule has 0 aromatic heterocycles. The summed E-state index contributed by atoms with van der Waals surface area (Å²) in [7, 11) is 0. The van der Waals surface area contributed by atoms with Crippen LogP contribution in [-0.2, 0) is 4.79 Å². The Kier molecular flexibility index (Phi) is 10.1. The van der Waals surface area contributed by atoms with Crippen LogP contribution in [0.25, 0.3) is 0 Å². The Balaban J connectivity index is 3.84. The fraction of sp³-hybridized carbons (Fsp3) is 0.846. The lowest BCUT2D eigenvalue weighted by atomic mass is 10.1. The number of hydrogen-bond donors (Lipinski definition) is 3. The molecule has 0 rings (SSSR count). The number of aliphatic hydroxyl groups is 1. The maximum atomic E-state index is 11.6. The van der Waals surface area contributed by atoms with Crippen LogP contribution in [0.5, 0.6) is 0 Å². The molecule has 19 heavy (non-hydrogen) atoms. The topological polar surface area (TPSA) is 81.7 Å². The van der Waals surface area contributed by atoms with Crippen LogP contribution in [0, 0.1) is 5.92 Å². The summed E-state index contributed by atoms with van der Waals surface area (Å²) in [6.45, 7) is 8.29. The number of amides is 3. The molecule has 0 aliphatic rings. The molecule has 0 aromatic rings. The van der Waals surface area contributed by atoms with Crippen molar-refractivity contribution in [2.45, 2.75) is 33.6 Å². The van der Waals surface area contributed by atoms with Crippen molar-refractivity contribution in [3.63, 3.8) is 0 Å². The van der Waals surface area contributed by atoms with Crippen LogP contribution in [0.15, 0.2) is 0 Å². The second-order valence-corrected chi connectivity index (χ2v) is 4.93. The average Bonchev–Trinajstić information content (AvgIpc) is 2.33. The third-order valence-corrected chi connectivity index (χ3v) is 2.71. The van der Waals surface area contributed by atoms with Crippen molar-refractivity contribution >= 4 is 11.9 Å². The standard InChI is InChI=1S/C13H27N3O3/c1-4-16(8-5-9-17)10-12(18)15-13(19)14-7-6-11(2)3/h11,17H,4-10H2,1-3H3,(H2,14,15,18,19). The average molecular weight is 273 g/mol. The van der Waals surface area contributed by atoms with Crippen molar-refractivity contribution in [3.05, 3.63) is 0 Å². The number of rotatable bonds is 9. The van der Waals surface area contributed by atoms with Crippen LogP contribution in [0.1, 0.15) is 33.6 Å². The molecule has 0 aromatic carbocycles. The molecule has 0 bridgehead atoms. The lowest BCUT2D eigenvalue weighted by Crippen LogP contribution is -2.45. The number of carbonyl (C=O) groups is 2. The molecule has 0 heterocycles. The monoisotopic (exact) mass is 273 g/mol. The fourth-order valence-electron chi connectivity index (χ4n) is 1.53. The van der Waals surface area contributed by atoms with Crippen molar-refractivity contribution in [2.75, 3.05) is 32.8 Å². The van der Waals surface area contributed by atoms with E-state index in [-0.39, 0.29) is 19.1 Å². The van der Waals surface area contributed by atoms with Crippen LogP contribution in [0.3, 0.4) is 0 Å². The first-order valence-electron chi connectivity index (χ1n) is 6.90. The van der Waals surface area contributed by atoms with E-state index in [1.165, 1.54) is 0 Å². The Bertz CT molecular complexity index is 270. The number of nitrogens with one attached hydrogen (secondary N) is 2. The van der Waals surface area contributed by atoms with Gasteiger partial charge in [0.25, 0.3) is 0 Å². The highest BCUT2D eigenvalue weighted by atomic mass is 16.3. The van der Waals surface area contributed by atoms with Crippen LogP contribution < -0.4 is 10.6 Å². The SMILES string of the molecule is CCN(CCCO)CC(=O)NC(=O)NCCC(C)C. The molecule has 0 fully saturated rings. The molecule has 6 heteroatoms. The number of hydrogen-bond acceptors (Lipinski definition) is 4. The van der Waals surface area contributed by atoms with E-state index in [0.717, 1.165) is 6.42 Å². The van der Waals surface area contributed by atoms with Gasteiger partial charge >= 0.3 is 6.03 Å². The number of nitrogens with zero attached hydrogens (tertiary/aromatic N) is 1. The fourth-order valence-corrected chi connectivity index (χ4v) is 1.53. The number of aliphatic hydroxyl groups excluding tert-OH is 1. The van der Waals surface area contributed by atoms with E-state index in [1.807, 2.05) is 11.8 Å². The third-order valence-electron chi connectivity index (χ3n) is 2.71. The maximum absolute atomic E-state index is 11.6. The first-order valence-corrected chi connectivity index (χ1v) is 6.90. The van der Waals surface area contributed by atoms with Crippen molar-refractivity contribution < 1.29 is 14.7 Å². The summed E-state index contributed by atoms with van der Waals surface area (Å²) in [5.41, 5.74) is 0. The van der Waals surface area contributed by atoms with Gasteiger partial charge in [-0.3, -0.25) is 15.0 Å². The number of likely N-dealkylation sites (N-methyl/N-ethyl adjacent to an activating group) is 1. The van der Waals surface area contributed by atoms with Crippen molar-refractivity contribution in [3.8, 4) is 0 Å². The minimum atomic E-state index is -0.441. The Morgan fingerprint density at radius 3 is 2.53 bits per heavy atom. The largest absolute Gasteiger partial charge is 0.396 e. The Morgan fingerprint density at radius 1 is 1.32 bits per heavy atom. The van der Waals surface area contributed by atoms with Crippen LogP contribution in [0.4, 0.5) is 4.79 Å². The second kappa shape index (κ2) is 10.8.